The van der Waals surface area contributed by atoms with Crippen LogP contribution in [0.4, 0.5) is 5.82 Å². The Hall–Kier alpha value is -0.940. The van der Waals surface area contributed by atoms with Gasteiger partial charge in [-0.25, -0.2) is 4.98 Å². The Morgan fingerprint density at radius 3 is 2.84 bits per heavy atom. The summed E-state index contributed by atoms with van der Waals surface area (Å²) < 4.78 is 0.614. The molecule has 1 heterocycles. The van der Waals surface area contributed by atoms with Crippen molar-refractivity contribution in [3.63, 3.8) is 0 Å². The monoisotopic (exact) mass is 294 g/mol. The van der Waals surface area contributed by atoms with E-state index in [2.05, 4.69) is 10.3 Å². The molecule has 0 atom stereocenters. The summed E-state index contributed by atoms with van der Waals surface area (Å²) in [5.41, 5.74) is 0. The second-order valence-electron chi connectivity index (χ2n) is 4.72. The molecule has 0 aromatic carbocycles. The van der Waals surface area contributed by atoms with Crippen molar-refractivity contribution < 1.29 is 4.79 Å². The number of pyridine rings is 1. The molecule has 1 fully saturated rings. The van der Waals surface area contributed by atoms with Crippen molar-refractivity contribution in [2.75, 3.05) is 11.1 Å². The summed E-state index contributed by atoms with van der Waals surface area (Å²) in [6.45, 7) is 0. The summed E-state index contributed by atoms with van der Waals surface area (Å²) in [6, 6.07) is 5.61. The Morgan fingerprint density at radius 2 is 2.16 bits per heavy atom. The maximum atomic E-state index is 12.0. The number of aromatic nitrogens is 1. The molecule has 0 radical (unpaired) electrons. The fraction of sp³-hybridized carbons (Fsp3) is 0.500. The van der Waals surface area contributed by atoms with Gasteiger partial charge in [-0.2, -0.15) is 0 Å². The van der Waals surface area contributed by atoms with E-state index in [9.17, 15) is 4.79 Å². The van der Waals surface area contributed by atoms with E-state index < -0.39 is 0 Å². The molecule has 0 unspecified atom stereocenters. The molecular weight excluding hydrogens is 276 g/mol. The zero-order valence-corrected chi connectivity index (χ0v) is 12.4. The molecule has 1 aliphatic carbocycles. The van der Waals surface area contributed by atoms with Crippen LogP contribution >= 0.6 is 24.0 Å². The summed E-state index contributed by atoms with van der Waals surface area (Å²) in [4.78, 5) is 16.2. The summed E-state index contributed by atoms with van der Waals surface area (Å²) in [5.74, 6) is 1.81. The lowest BCUT2D eigenvalue weighted by molar-refractivity contribution is -0.121. The number of hydrogen-bond acceptors (Lipinski definition) is 4. The molecule has 1 N–H and O–H groups in total. The molecule has 0 amide bonds. The first-order chi connectivity index (χ1) is 9.25. The van der Waals surface area contributed by atoms with E-state index in [-0.39, 0.29) is 5.92 Å². The highest BCUT2D eigenvalue weighted by Gasteiger charge is 2.21. The van der Waals surface area contributed by atoms with E-state index in [1.807, 2.05) is 18.2 Å². The molecule has 1 aromatic rings. The smallest absolute Gasteiger partial charge is 0.146 e. The van der Waals surface area contributed by atoms with E-state index in [0.717, 1.165) is 18.7 Å². The molecule has 102 valence electrons. The minimum atomic E-state index is 0.263. The van der Waals surface area contributed by atoms with Crippen molar-refractivity contribution in [1.82, 2.24) is 4.98 Å². The molecule has 1 aromatic heterocycles. The predicted octanol–water partition coefficient (Wildman–Crippen LogP) is 3.66. The second-order valence-corrected chi connectivity index (χ2v) is 6.37. The number of nitrogens with one attached hydrogen (secondary N) is 1. The lowest BCUT2D eigenvalue weighted by atomic mass is 9.87. The Kier molecular flexibility index (Phi) is 5.79. The largest absolute Gasteiger partial charge is 0.326 e. The number of carbonyl (C=O) groups excluding carboxylic acids is 1. The topological polar surface area (TPSA) is 42.0 Å². The average molecular weight is 294 g/mol. The first-order valence-electron chi connectivity index (χ1n) is 6.63. The van der Waals surface area contributed by atoms with E-state index in [0.29, 0.717) is 15.9 Å². The van der Waals surface area contributed by atoms with Gasteiger partial charge in [-0.1, -0.05) is 49.3 Å². The second kappa shape index (κ2) is 7.60. The molecule has 0 aliphatic heterocycles. The SMILES string of the molecule is O=C(CSC(=S)Nc1ccccn1)C1CCCCC1. The Labute approximate surface area is 123 Å². The molecule has 0 saturated heterocycles. The van der Waals surface area contributed by atoms with E-state index in [4.69, 9.17) is 12.2 Å². The zero-order valence-electron chi connectivity index (χ0n) is 10.8. The van der Waals surface area contributed by atoms with Crippen LogP contribution in [-0.4, -0.2) is 20.8 Å². The van der Waals surface area contributed by atoms with Crippen LogP contribution < -0.4 is 5.32 Å². The van der Waals surface area contributed by atoms with Gasteiger partial charge in [-0.3, -0.25) is 4.79 Å². The minimum absolute atomic E-state index is 0.263. The lowest BCUT2D eigenvalue weighted by Crippen LogP contribution is -2.20. The van der Waals surface area contributed by atoms with Crippen LogP contribution in [-0.2, 0) is 4.79 Å². The van der Waals surface area contributed by atoms with Crippen LogP contribution in [0.5, 0.6) is 0 Å². The number of hydrogen-bond donors (Lipinski definition) is 1. The van der Waals surface area contributed by atoms with Gasteiger partial charge in [0.2, 0.25) is 0 Å². The molecule has 2 rings (SSSR count). The number of nitrogens with zero attached hydrogens (tertiary/aromatic N) is 1. The van der Waals surface area contributed by atoms with Gasteiger partial charge < -0.3 is 5.32 Å². The van der Waals surface area contributed by atoms with Gasteiger partial charge in [0.15, 0.2) is 0 Å². The third-order valence-electron chi connectivity index (χ3n) is 3.30. The van der Waals surface area contributed by atoms with Gasteiger partial charge >= 0.3 is 0 Å². The van der Waals surface area contributed by atoms with Gasteiger partial charge in [-0.15, -0.1) is 0 Å². The van der Waals surface area contributed by atoms with Crippen LogP contribution in [0.15, 0.2) is 24.4 Å². The minimum Gasteiger partial charge on any atom is -0.326 e. The molecular formula is C14H18N2OS2. The lowest BCUT2D eigenvalue weighted by Gasteiger charge is -2.20. The number of Topliss-reactive ketones (excluding diaryl/α,β-unsaturated/α-hetero) is 1. The van der Waals surface area contributed by atoms with Crippen molar-refractivity contribution in [3.8, 4) is 0 Å². The van der Waals surface area contributed by atoms with Crippen LogP contribution in [0.3, 0.4) is 0 Å². The number of thioether (sulfide) groups is 1. The first-order valence-corrected chi connectivity index (χ1v) is 8.02. The van der Waals surface area contributed by atoms with Crippen LogP contribution in [0.2, 0.25) is 0 Å². The highest BCUT2D eigenvalue weighted by molar-refractivity contribution is 8.23. The summed E-state index contributed by atoms with van der Waals surface area (Å²) in [5, 5.41) is 3.03. The van der Waals surface area contributed by atoms with Crippen molar-refractivity contribution in [1.29, 1.82) is 0 Å². The van der Waals surface area contributed by atoms with Crippen molar-refractivity contribution in [2.24, 2.45) is 5.92 Å². The fourth-order valence-electron chi connectivity index (χ4n) is 2.26. The highest BCUT2D eigenvalue weighted by Crippen LogP contribution is 2.25. The highest BCUT2D eigenvalue weighted by atomic mass is 32.2. The van der Waals surface area contributed by atoms with E-state index in [1.165, 1.54) is 31.0 Å². The summed E-state index contributed by atoms with van der Waals surface area (Å²) in [6.07, 6.45) is 7.48. The molecule has 3 nitrogen and oxygen atoms in total. The van der Waals surface area contributed by atoms with Crippen molar-refractivity contribution >= 4 is 39.9 Å². The number of rotatable bonds is 4. The Bertz CT molecular complexity index is 430. The predicted molar refractivity (Wildman–Crippen MR) is 84.5 cm³/mol. The van der Waals surface area contributed by atoms with Gasteiger partial charge in [-0.05, 0) is 25.0 Å². The summed E-state index contributed by atoms with van der Waals surface area (Å²) >= 11 is 6.62. The number of carbonyl (C=O) groups is 1. The maximum Gasteiger partial charge on any atom is 0.146 e. The molecule has 0 bridgehead atoms. The normalized spacial score (nSPS) is 16.0. The molecule has 19 heavy (non-hydrogen) atoms. The maximum absolute atomic E-state index is 12.0. The molecule has 1 aliphatic rings. The standard InChI is InChI=1S/C14H18N2OS2/c17-12(11-6-2-1-3-7-11)10-19-14(18)16-13-8-4-5-9-15-13/h4-5,8-9,11H,1-3,6-7,10H2,(H,15,16,18). The van der Waals surface area contributed by atoms with Crippen LogP contribution in [0.25, 0.3) is 0 Å². The number of ketones is 1. The van der Waals surface area contributed by atoms with Crippen molar-refractivity contribution in [2.45, 2.75) is 32.1 Å². The first kappa shape index (κ1) is 14.5. The Balaban J connectivity index is 1.72. The van der Waals surface area contributed by atoms with Gasteiger partial charge in [0.25, 0.3) is 0 Å². The number of anilines is 1. The van der Waals surface area contributed by atoms with Gasteiger partial charge in [0.05, 0.1) is 5.75 Å². The third-order valence-corrected chi connectivity index (χ3v) is 4.55. The Morgan fingerprint density at radius 1 is 1.37 bits per heavy atom. The quantitative estimate of drug-likeness (QED) is 0.858. The molecule has 5 heteroatoms. The average Bonchev–Trinajstić information content (AvgIpc) is 2.47. The molecule has 1 saturated carbocycles. The summed E-state index contributed by atoms with van der Waals surface area (Å²) in [7, 11) is 0. The van der Waals surface area contributed by atoms with Gasteiger partial charge in [0.1, 0.15) is 15.9 Å². The van der Waals surface area contributed by atoms with E-state index in [1.54, 1.807) is 6.20 Å². The van der Waals surface area contributed by atoms with E-state index >= 15 is 0 Å². The van der Waals surface area contributed by atoms with Crippen LogP contribution in [0.1, 0.15) is 32.1 Å². The zero-order chi connectivity index (χ0) is 13.5. The van der Waals surface area contributed by atoms with Gasteiger partial charge in [0, 0.05) is 12.1 Å². The van der Waals surface area contributed by atoms with Crippen molar-refractivity contribution in [3.05, 3.63) is 24.4 Å². The third kappa shape index (κ3) is 4.91. The number of thiocarbonyl (C=S) groups is 1. The van der Waals surface area contributed by atoms with Crippen LogP contribution in [0, 0.1) is 5.92 Å². The fourth-order valence-corrected chi connectivity index (χ4v) is 3.22. The molecule has 0 spiro atoms.